The monoisotopic (exact) mass is 522 g/mol. The van der Waals surface area contributed by atoms with Crippen molar-refractivity contribution in [3.8, 4) is 22.3 Å². The van der Waals surface area contributed by atoms with E-state index < -0.39 is 15.9 Å². The number of fused-ring (bicyclic) bond motifs is 1. The van der Waals surface area contributed by atoms with Gasteiger partial charge in [0.2, 0.25) is 21.8 Å². The first kappa shape index (κ1) is 25.5. The summed E-state index contributed by atoms with van der Waals surface area (Å²) in [5.41, 5.74) is 5.05. The lowest BCUT2D eigenvalue weighted by Crippen LogP contribution is -2.40. The van der Waals surface area contributed by atoms with Crippen LogP contribution in [0.15, 0.2) is 72.8 Å². The van der Waals surface area contributed by atoms with Gasteiger partial charge >= 0.3 is 0 Å². The van der Waals surface area contributed by atoms with Crippen LogP contribution in [-0.4, -0.2) is 51.1 Å². The molecule has 2 amide bonds. The maximum absolute atomic E-state index is 12.5. The smallest absolute Gasteiger partial charge is 0.239 e. The predicted molar refractivity (Wildman–Crippen MR) is 143 cm³/mol. The zero-order valence-electron chi connectivity index (χ0n) is 19.7. The predicted octanol–water partition coefficient (Wildman–Crippen LogP) is 2.95. The van der Waals surface area contributed by atoms with Crippen molar-refractivity contribution in [3.63, 3.8) is 0 Å². The fourth-order valence-electron chi connectivity index (χ4n) is 3.67. The van der Waals surface area contributed by atoms with E-state index in [1.807, 2.05) is 48.5 Å². The van der Waals surface area contributed by atoms with E-state index in [4.69, 9.17) is 4.98 Å². The lowest BCUT2D eigenvalue weighted by atomic mass is 9.98. The van der Waals surface area contributed by atoms with E-state index in [0.717, 1.165) is 38.7 Å². The van der Waals surface area contributed by atoms with Crippen LogP contribution < -0.4 is 15.4 Å². The van der Waals surface area contributed by atoms with Gasteiger partial charge in [-0.05, 0) is 28.8 Å². The molecule has 36 heavy (non-hydrogen) atoms. The van der Waals surface area contributed by atoms with Crippen LogP contribution in [0.5, 0.6) is 0 Å². The fourth-order valence-corrected chi connectivity index (χ4v) is 5.17. The number of thiazole rings is 1. The standard InChI is InChI=1S/C26H26N4O4S2/c1-36(33,34)29-13-12-27-24(32)17-28-23(31)16-25-30-26-21(19-10-6-3-7-11-19)14-20(15-22(26)35-25)18-8-4-2-5-9-18/h2-11,14-15,29H,12-13,16-17H2,1H3,(H,27,32)(H,28,31). The lowest BCUT2D eigenvalue weighted by Gasteiger charge is -2.08. The van der Waals surface area contributed by atoms with E-state index in [0.29, 0.717) is 5.01 Å². The van der Waals surface area contributed by atoms with E-state index in [1.54, 1.807) is 0 Å². The molecule has 0 bridgehead atoms. The van der Waals surface area contributed by atoms with Crippen LogP contribution >= 0.6 is 11.3 Å². The molecule has 0 radical (unpaired) electrons. The molecule has 3 aromatic carbocycles. The number of nitrogens with zero attached hydrogens (tertiary/aromatic N) is 1. The van der Waals surface area contributed by atoms with Crippen LogP contribution in [0, 0.1) is 0 Å². The van der Waals surface area contributed by atoms with Gasteiger partial charge in [-0.3, -0.25) is 9.59 Å². The minimum atomic E-state index is -3.31. The summed E-state index contributed by atoms with van der Waals surface area (Å²) in [6, 6.07) is 24.4. The van der Waals surface area contributed by atoms with Gasteiger partial charge in [-0.1, -0.05) is 60.7 Å². The average Bonchev–Trinajstić information content (AvgIpc) is 3.27. The van der Waals surface area contributed by atoms with Crippen molar-refractivity contribution >= 4 is 43.4 Å². The van der Waals surface area contributed by atoms with E-state index in [9.17, 15) is 18.0 Å². The molecule has 4 rings (SSSR count). The van der Waals surface area contributed by atoms with Gasteiger partial charge in [-0.15, -0.1) is 11.3 Å². The molecular weight excluding hydrogens is 496 g/mol. The van der Waals surface area contributed by atoms with Gasteiger partial charge in [0.05, 0.1) is 29.4 Å². The minimum Gasteiger partial charge on any atom is -0.353 e. The summed E-state index contributed by atoms with van der Waals surface area (Å²) >= 11 is 1.46. The highest BCUT2D eigenvalue weighted by Crippen LogP contribution is 2.36. The van der Waals surface area contributed by atoms with Crippen LogP contribution in [0.2, 0.25) is 0 Å². The van der Waals surface area contributed by atoms with Crippen molar-refractivity contribution in [2.45, 2.75) is 6.42 Å². The van der Waals surface area contributed by atoms with E-state index >= 15 is 0 Å². The largest absolute Gasteiger partial charge is 0.353 e. The molecule has 4 aromatic rings. The molecule has 0 aliphatic heterocycles. The van der Waals surface area contributed by atoms with Gasteiger partial charge in [0.25, 0.3) is 0 Å². The first-order valence-electron chi connectivity index (χ1n) is 11.3. The third kappa shape index (κ3) is 6.97. The Labute approximate surface area is 213 Å². The molecule has 0 saturated heterocycles. The SMILES string of the molecule is CS(=O)(=O)NCCNC(=O)CNC(=O)Cc1nc2c(-c3ccccc3)cc(-c3ccccc3)cc2s1. The Kier molecular flexibility index (Phi) is 8.09. The molecule has 0 unspecified atom stereocenters. The van der Waals surface area contributed by atoms with Gasteiger partial charge in [-0.2, -0.15) is 0 Å². The van der Waals surface area contributed by atoms with Crippen LogP contribution in [-0.2, 0) is 26.0 Å². The summed E-state index contributed by atoms with van der Waals surface area (Å²) in [6.07, 6.45) is 1.10. The zero-order chi connectivity index (χ0) is 25.5. The van der Waals surface area contributed by atoms with E-state index in [2.05, 4.69) is 39.6 Å². The molecule has 0 atom stereocenters. The van der Waals surface area contributed by atoms with Gasteiger partial charge in [0.15, 0.2) is 0 Å². The van der Waals surface area contributed by atoms with Gasteiger partial charge in [0.1, 0.15) is 5.01 Å². The molecule has 0 aliphatic rings. The summed E-state index contributed by atoms with van der Waals surface area (Å²) in [5.74, 6) is -0.718. The Balaban J connectivity index is 1.46. The van der Waals surface area contributed by atoms with Crippen molar-refractivity contribution in [2.24, 2.45) is 0 Å². The second kappa shape index (κ2) is 11.4. The molecule has 1 aromatic heterocycles. The number of rotatable bonds is 10. The molecule has 0 spiro atoms. The van der Waals surface area contributed by atoms with Gasteiger partial charge in [0, 0.05) is 18.7 Å². The second-order valence-electron chi connectivity index (χ2n) is 8.18. The highest BCUT2D eigenvalue weighted by molar-refractivity contribution is 7.88. The number of nitrogens with one attached hydrogen (secondary N) is 3. The van der Waals surface area contributed by atoms with E-state index in [1.165, 1.54) is 11.3 Å². The topological polar surface area (TPSA) is 117 Å². The Morgan fingerprint density at radius 2 is 1.50 bits per heavy atom. The summed E-state index contributed by atoms with van der Waals surface area (Å²) in [7, 11) is -3.31. The highest BCUT2D eigenvalue weighted by Gasteiger charge is 2.15. The highest BCUT2D eigenvalue weighted by atomic mass is 32.2. The van der Waals surface area contributed by atoms with Crippen molar-refractivity contribution in [1.82, 2.24) is 20.3 Å². The molecule has 0 fully saturated rings. The molecular formula is C26H26N4O4S2. The van der Waals surface area contributed by atoms with E-state index in [-0.39, 0.29) is 32.0 Å². The Hall–Kier alpha value is -3.60. The summed E-state index contributed by atoms with van der Waals surface area (Å²) in [5, 5.41) is 5.80. The molecule has 8 nitrogen and oxygen atoms in total. The molecule has 0 saturated carbocycles. The van der Waals surface area contributed by atoms with Crippen molar-refractivity contribution < 1.29 is 18.0 Å². The Morgan fingerprint density at radius 1 is 0.833 bits per heavy atom. The van der Waals surface area contributed by atoms with Crippen LogP contribution in [0.25, 0.3) is 32.5 Å². The second-order valence-corrected chi connectivity index (χ2v) is 11.1. The molecule has 10 heteroatoms. The average molecular weight is 523 g/mol. The number of carbonyl (C=O) groups excluding carboxylic acids is 2. The van der Waals surface area contributed by atoms with Gasteiger partial charge < -0.3 is 10.6 Å². The maximum Gasteiger partial charge on any atom is 0.239 e. The normalized spacial score (nSPS) is 11.4. The quantitative estimate of drug-likeness (QED) is 0.277. The number of carbonyl (C=O) groups is 2. The van der Waals surface area contributed by atoms with Crippen LogP contribution in [0.1, 0.15) is 5.01 Å². The third-order valence-electron chi connectivity index (χ3n) is 5.30. The molecule has 0 aliphatic carbocycles. The molecule has 186 valence electrons. The number of aromatic nitrogens is 1. The minimum absolute atomic E-state index is 0.0527. The number of hydrogen-bond acceptors (Lipinski definition) is 6. The molecule has 3 N–H and O–H groups in total. The van der Waals surface area contributed by atoms with Gasteiger partial charge in [-0.25, -0.2) is 18.1 Å². The summed E-state index contributed by atoms with van der Waals surface area (Å²) < 4.78 is 25.3. The first-order valence-corrected chi connectivity index (χ1v) is 14.0. The maximum atomic E-state index is 12.5. The van der Waals surface area contributed by atoms with Crippen molar-refractivity contribution in [2.75, 3.05) is 25.9 Å². The summed E-state index contributed by atoms with van der Waals surface area (Å²) in [6.45, 7) is 0.0145. The first-order chi connectivity index (χ1) is 17.3. The lowest BCUT2D eigenvalue weighted by molar-refractivity contribution is -0.125. The van der Waals surface area contributed by atoms with Crippen LogP contribution in [0.4, 0.5) is 0 Å². The van der Waals surface area contributed by atoms with Crippen molar-refractivity contribution in [1.29, 1.82) is 0 Å². The summed E-state index contributed by atoms with van der Waals surface area (Å²) in [4.78, 5) is 29.2. The molecule has 1 heterocycles. The Morgan fingerprint density at radius 3 is 2.17 bits per heavy atom. The van der Waals surface area contributed by atoms with Crippen molar-refractivity contribution in [3.05, 3.63) is 77.8 Å². The number of benzene rings is 3. The number of amides is 2. The fraction of sp³-hybridized carbons (Fsp3) is 0.192. The van der Waals surface area contributed by atoms with Crippen LogP contribution in [0.3, 0.4) is 0 Å². The third-order valence-corrected chi connectivity index (χ3v) is 7.03. The Bertz CT molecular complexity index is 1470. The number of sulfonamides is 1. The zero-order valence-corrected chi connectivity index (χ0v) is 21.3. The number of hydrogen-bond donors (Lipinski definition) is 3.